The van der Waals surface area contributed by atoms with Gasteiger partial charge in [0.2, 0.25) is 21.8 Å². The van der Waals surface area contributed by atoms with Crippen molar-refractivity contribution in [3.05, 3.63) is 59.7 Å². The van der Waals surface area contributed by atoms with E-state index in [-0.39, 0.29) is 37.5 Å². The van der Waals surface area contributed by atoms with Gasteiger partial charge in [-0.1, -0.05) is 24.3 Å². The van der Waals surface area contributed by atoms with Crippen LogP contribution in [-0.2, 0) is 47.0 Å². The molecule has 2 rings (SSSR count). The maximum atomic E-state index is 12.9. The minimum absolute atomic E-state index is 0.0326. The number of aliphatic carboxylic acids is 1. The molecule has 1 atom stereocenters. The van der Waals surface area contributed by atoms with Crippen LogP contribution < -0.4 is 20.5 Å². The summed E-state index contributed by atoms with van der Waals surface area (Å²) in [7, 11) is -3.82. The first kappa shape index (κ1) is 31.6. The lowest BCUT2D eigenvalue weighted by molar-refractivity contribution is -0.286. The molecular weight excluding hydrogens is 538 g/mol. The van der Waals surface area contributed by atoms with Crippen molar-refractivity contribution in [2.24, 2.45) is 5.14 Å². The number of hydrogen-bond acceptors (Lipinski definition) is 10. The van der Waals surface area contributed by atoms with Crippen LogP contribution in [0.1, 0.15) is 24.0 Å². The second kappa shape index (κ2) is 15.7. The zero-order valence-corrected chi connectivity index (χ0v) is 21.6. The SMILES string of the molecule is NS(=O)(=O)c1ccc(CCNC(=O)C(Cc2ccc(OC(COO)COO)cc2)NC(=O)CCC(=O)O)cc1. The van der Waals surface area contributed by atoms with Gasteiger partial charge >= 0.3 is 5.97 Å². The standard InChI is InChI=1S/C24H31N3O11S/c25-39(34,35)20-7-3-16(4-8-20)11-12-26-24(31)21(27-22(28)9-10-23(29)30)13-17-1-5-18(6-2-17)38-19(14-36-32)15-37-33/h1-8,19,21,32-33H,9-15H2,(H,26,31)(H,27,28)(H,29,30)(H2,25,34,35). The topological polar surface area (TPSA) is 224 Å². The predicted octanol–water partition coefficient (Wildman–Crippen LogP) is 0.312. The van der Waals surface area contributed by atoms with E-state index in [1.807, 2.05) is 0 Å². The van der Waals surface area contributed by atoms with Crippen molar-refractivity contribution in [3.63, 3.8) is 0 Å². The molecule has 14 nitrogen and oxygen atoms in total. The second-order valence-corrected chi connectivity index (χ2v) is 9.98. The smallest absolute Gasteiger partial charge is 0.303 e. The molecule has 0 aliphatic heterocycles. The summed E-state index contributed by atoms with van der Waals surface area (Å²) in [4.78, 5) is 44.0. The average molecular weight is 570 g/mol. The maximum Gasteiger partial charge on any atom is 0.303 e. The molecule has 0 fully saturated rings. The number of carbonyl (C=O) groups is 3. The zero-order valence-electron chi connectivity index (χ0n) is 20.8. The summed E-state index contributed by atoms with van der Waals surface area (Å²) < 4.78 is 28.3. The van der Waals surface area contributed by atoms with E-state index in [0.717, 1.165) is 5.56 Å². The molecule has 1 unspecified atom stereocenters. The lowest BCUT2D eigenvalue weighted by Crippen LogP contribution is -2.48. The first-order valence-electron chi connectivity index (χ1n) is 11.7. The van der Waals surface area contributed by atoms with E-state index in [9.17, 15) is 22.8 Å². The molecule has 2 amide bonds. The molecule has 39 heavy (non-hydrogen) atoms. The molecular formula is C24H31N3O11S. The molecule has 0 heterocycles. The van der Waals surface area contributed by atoms with Crippen molar-refractivity contribution in [2.75, 3.05) is 19.8 Å². The summed E-state index contributed by atoms with van der Waals surface area (Å²) in [5, 5.41) is 36.4. The molecule has 214 valence electrons. The number of nitrogens with two attached hydrogens (primary N) is 1. The van der Waals surface area contributed by atoms with Crippen LogP contribution in [-0.4, -0.2) is 73.7 Å². The van der Waals surface area contributed by atoms with Gasteiger partial charge in [-0.3, -0.25) is 24.9 Å². The highest BCUT2D eigenvalue weighted by Gasteiger charge is 2.22. The Hall–Kier alpha value is -3.60. The molecule has 0 saturated heterocycles. The number of hydrogen-bond donors (Lipinski definition) is 6. The van der Waals surface area contributed by atoms with Gasteiger partial charge < -0.3 is 20.5 Å². The molecule has 0 aliphatic carbocycles. The van der Waals surface area contributed by atoms with Crippen LogP contribution in [0.3, 0.4) is 0 Å². The Morgan fingerprint density at radius 1 is 0.897 bits per heavy atom. The van der Waals surface area contributed by atoms with Crippen molar-refractivity contribution in [1.29, 1.82) is 0 Å². The molecule has 15 heteroatoms. The third-order valence-electron chi connectivity index (χ3n) is 5.37. The van der Waals surface area contributed by atoms with Crippen LogP contribution in [0.4, 0.5) is 0 Å². The molecule has 2 aromatic carbocycles. The number of sulfonamides is 1. The van der Waals surface area contributed by atoms with Crippen molar-refractivity contribution in [2.45, 2.75) is 42.7 Å². The minimum Gasteiger partial charge on any atom is -0.485 e. The third kappa shape index (κ3) is 11.8. The first-order valence-corrected chi connectivity index (χ1v) is 13.3. The quantitative estimate of drug-likeness (QED) is 0.112. The van der Waals surface area contributed by atoms with Gasteiger partial charge in [-0.05, 0) is 41.8 Å². The Bertz CT molecular complexity index is 1180. The number of carboxylic acid groups (broad SMARTS) is 1. The highest BCUT2D eigenvalue weighted by atomic mass is 32.2. The summed E-state index contributed by atoms with van der Waals surface area (Å²) in [6.45, 7) is -0.338. The molecule has 2 aromatic rings. The van der Waals surface area contributed by atoms with E-state index >= 15 is 0 Å². The number of carbonyl (C=O) groups excluding carboxylic acids is 2. The fourth-order valence-corrected chi connectivity index (χ4v) is 3.93. The van der Waals surface area contributed by atoms with Crippen LogP contribution in [0.15, 0.2) is 53.4 Å². The van der Waals surface area contributed by atoms with E-state index in [2.05, 4.69) is 20.4 Å². The minimum atomic E-state index is -3.82. The normalized spacial score (nSPS) is 12.1. The van der Waals surface area contributed by atoms with Gasteiger partial charge in [-0.2, -0.15) is 0 Å². The molecule has 0 saturated carbocycles. The number of ether oxygens (including phenoxy) is 1. The number of rotatable bonds is 17. The van der Waals surface area contributed by atoms with Gasteiger partial charge in [-0.25, -0.2) is 23.3 Å². The molecule has 0 spiro atoms. The Morgan fingerprint density at radius 2 is 1.49 bits per heavy atom. The number of amides is 2. The summed E-state index contributed by atoms with van der Waals surface area (Å²) in [5.74, 6) is -1.89. The van der Waals surface area contributed by atoms with Crippen LogP contribution in [0, 0.1) is 0 Å². The molecule has 0 aromatic heterocycles. The predicted molar refractivity (Wildman–Crippen MR) is 135 cm³/mol. The first-order chi connectivity index (χ1) is 18.5. The van der Waals surface area contributed by atoms with E-state index in [1.165, 1.54) is 12.1 Å². The Labute approximate surface area is 224 Å². The van der Waals surface area contributed by atoms with Gasteiger partial charge in [-0.15, -0.1) is 0 Å². The van der Waals surface area contributed by atoms with Gasteiger partial charge in [0.25, 0.3) is 0 Å². The summed E-state index contributed by atoms with van der Waals surface area (Å²) in [6, 6.07) is 11.3. The average Bonchev–Trinajstić information content (AvgIpc) is 2.88. The molecule has 0 aliphatic rings. The van der Waals surface area contributed by atoms with Crippen LogP contribution in [0.2, 0.25) is 0 Å². The molecule has 7 N–H and O–H groups in total. The van der Waals surface area contributed by atoms with E-state index < -0.39 is 46.4 Å². The van der Waals surface area contributed by atoms with Crippen molar-refractivity contribution >= 4 is 27.8 Å². The summed E-state index contributed by atoms with van der Waals surface area (Å²) in [6.07, 6.45) is -1.04. The van der Waals surface area contributed by atoms with Gasteiger partial charge in [0.15, 0.2) is 6.10 Å². The van der Waals surface area contributed by atoms with Crippen molar-refractivity contribution in [3.8, 4) is 5.75 Å². The third-order valence-corrected chi connectivity index (χ3v) is 6.30. The van der Waals surface area contributed by atoms with Crippen molar-refractivity contribution < 1.29 is 52.9 Å². The Kier molecular flexibility index (Phi) is 12.7. The van der Waals surface area contributed by atoms with Crippen LogP contribution in [0.25, 0.3) is 0 Å². The fraction of sp³-hybridized carbons (Fsp3) is 0.375. The Morgan fingerprint density at radius 3 is 2.03 bits per heavy atom. The van der Waals surface area contributed by atoms with Crippen molar-refractivity contribution in [1.82, 2.24) is 10.6 Å². The maximum absolute atomic E-state index is 12.9. The lowest BCUT2D eigenvalue weighted by Gasteiger charge is -2.19. The van der Waals surface area contributed by atoms with E-state index in [1.54, 1.807) is 36.4 Å². The highest BCUT2D eigenvalue weighted by molar-refractivity contribution is 7.89. The van der Waals surface area contributed by atoms with Gasteiger partial charge in [0.1, 0.15) is 25.0 Å². The fourth-order valence-electron chi connectivity index (χ4n) is 3.41. The largest absolute Gasteiger partial charge is 0.485 e. The zero-order chi connectivity index (χ0) is 28.8. The van der Waals surface area contributed by atoms with Gasteiger partial charge in [0.05, 0.1) is 11.3 Å². The highest BCUT2D eigenvalue weighted by Crippen LogP contribution is 2.16. The number of primary sulfonamides is 1. The monoisotopic (exact) mass is 569 g/mol. The number of nitrogens with one attached hydrogen (secondary N) is 2. The number of carboxylic acids is 1. The van der Waals surface area contributed by atoms with Crippen LogP contribution >= 0.6 is 0 Å². The molecule has 0 radical (unpaired) electrons. The van der Waals surface area contributed by atoms with E-state index in [4.69, 9.17) is 25.5 Å². The Balaban J connectivity index is 2.03. The van der Waals surface area contributed by atoms with Crippen LogP contribution in [0.5, 0.6) is 5.75 Å². The number of benzene rings is 2. The summed E-state index contributed by atoms with van der Waals surface area (Å²) >= 11 is 0. The van der Waals surface area contributed by atoms with E-state index in [0.29, 0.717) is 17.7 Å². The lowest BCUT2D eigenvalue weighted by atomic mass is 10.0. The summed E-state index contributed by atoms with van der Waals surface area (Å²) in [5.41, 5.74) is 1.39. The molecule has 0 bridgehead atoms. The van der Waals surface area contributed by atoms with Gasteiger partial charge in [0, 0.05) is 19.4 Å². The second-order valence-electron chi connectivity index (χ2n) is 8.42.